The Morgan fingerprint density at radius 3 is 2.57 bits per heavy atom. The molecule has 2 aliphatic rings. The Hall–Kier alpha value is -2.52. The van der Waals surface area contributed by atoms with Gasteiger partial charge < -0.3 is 20.9 Å². The summed E-state index contributed by atoms with van der Waals surface area (Å²) in [5, 5.41) is 3.30. The van der Waals surface area contributed by atoms with E-state index in [0.29, 0.717) is 17.3 Å². The van der Waals surface area contributed by atoms with Gasteiger partial charge in [-0.1, -0.05) is 6.92 Å². The number of nitrogen functional groups attached to an aromatic ring is 1. The second-order valence-corrected chi connectivity index (χ2v) is 8.75. The summed E-state index contributed by atoms with van der Waals surface area (Å²) < 4.78 is 0. The van der Waals surface area contributed by atoms with Gasteiger partial charge in [-0.15, -0.1) is 0 Å². The summed E-state index contributed by atoms with van der Waals surface area (Å²) in [6.45, 7) is 9.71. The lowest BCUT2D eigenvalue weighted by atomic mass is 9.95. The van der Waals surface area contributed by atoms with Crippen LogP contribution in [0.15, 0.2) is 18.6 Å². The standard InChI is InChI=1S/C21H32N8O/c1-14-10-16(26-21(30)15(2)28-8-6-27(3)7-9-28)13-29(12-14)17-11-25-20(22)19-18(17)23-4-5-24-19/h4-5,11,14-16H,6-10,12-13H2,1-3H3,(H2,22,25)(H,26,30)/t14-,15?,16+/m0/s1. The lowest BCUT2D eigenvalue weighted by molar-refractivity contribution is -0.127. The lowest BCUT2D eigenvalue weighted by Gasteiger charge is -2.40. The molecule has 9 nitrogen and oxygen atoms in total. The van der Waals surface area contributed by atoms with Gasteiger partial charge in [-0.25, -0.2) is 9.97 Å². The molecule has 1 amide bonds. The highest BCUT2D eigenvalue weighted by Crippen LogP contribution is 2.29. The molecule has 3 atom stereocenters. The SMILES string of the molecule is CC(C(=O)N[C@@H]1C[C@H](C)CN(c2cnc(N)c3nccnc23)C1)N1CCN(C)CC1. The molecule has 2 fully saturated rings. The fourth-order valence-corrected chi connectivity index (χ4v) is 4.55. The number of nitrogens with one attached hydrogen (secondary N) is 1. The largest absolute Gasteiger partial charge is 0.382 e. The van der Waals surface area contributed by atoms with Crippen LogP contribution in [0.3, 0.4) is 0 Å². The first-order chi connectivity index (χ1) is 14.4. The summed E-state index contributed by atoms with van der Waals surface area (Å²) in [5.41, 5.74) is 8.29. The Balaban J connectivity index is 1.46. The van der Waals surface area contributed by atoms with Crippen LogP contribution in [0.25, 0.3) is 11.0 Å². The summed E-state index contributed by atoms with van der Waals surface area (Å²) in [7, 11) is 2.13. The van der Waals surface area contributed by atoms with Gasteiger partial charge in [0.15, 0.2) is 5.82 Å². The molecule has 4 heterocycles. The molecule has 0 aromatic carbocycles. The van der Waals surface area contributed by atoms with Gasteiger partial charge in [0, 0.05) is 57.7 Å². The molecule has 1 unspecified atom stereocenters. The molecule has 0 radical (unpaired) electrons. The summed E-state index contributed by atoms with van der Waals surface area (Å²) in [6, 6.07) is -0.0327. The van der Waals surface area contributed by atoms with Crippen LogP contribution in [-0.4, -0.2) is 89.1 Å². The minimum atomic E-state index is -0.116. The minimum absolute atomic E-state index is 0.0837. The van der Waals surface area contributed by atoms with Crippen LogP contribution in [0.4, 0.5) is 11.5 Å². The highest BCUT2D eigenvalue weighted by Gasteiger charge is 2.31. The third kappa shape index (κ3) is 4.32. The predicted octanol–water partition coefficient (Wildman–Crippen LogP) is 0.574. The van der Waals surface area contributed by atoms with E-state index < -0.39 is 0 Å². The average Bonchev–Trinajstić information content (AvgIpc) is 2.74. The fourth-order valence-electron chi connectivity index (χ4n) is 4.55. The lowest BCUT2D eigenvalue weighted by Crippen LogP contribution is -2.57. The maximum Gasteiger partial charge on any atom is 0.237 e. The maximum absolute atomic E-state index is 13.0. The third-order valence-corrected chi connectivity index (χ3v) is 6.32. The molecule has 0 spiro atoms. The highest BCUT2D eigenvalue weighted by atomic mass is 16.2. The number of hydrogen-bond acceptors (Lipinski definition) is 8. The van der Waals surface area contributed by atoms with Crippen molar-refractivity contribution >= 4 is 28.4 Å². The number of carbonyl (C=O) groups excluding carboxylic acids is 1. The van der Waals surface area contributed by atoms with Gasteiger partial charge in [-0.3, -0.25) is 14.7 Å². The summed E-state index contributed by atoms with van der Waals surface area (Å²) in [5.74, 6) is 0.934. The van der Waals surface area contributed by atoms with Crippen LogP contribution in [0.2, 0.25) is 0 Å². The van der Waals surface area contributed by atoms with Gasteiger partial charge >= 0.3 is 0 Å². The smallest absolute Gasteiger partial charge is 0.237 e. The number of fused-ring (bicyclic) bond motifs is 1. The Kier molecular flexibility index (Phi) is 6.01. The Labute approximate surface area is 177 Å². The van der Waals surface area contributed by atoms with E-state index in [0.717, 1.165) is 56.9 Å². The normalized spacial score (nSPS) is 24.7. The van der Waals surface area contributed by atoms with Gasteiger partial charge in [-0.05, 0) is 26.3 Å². The first kappa shape index (κ1) is 20.7. The number of nitrogens with two attached hydrogens (primary N) is 1. The van der Waals surface area contributed by atoms with Crippen LogP contribution in [-0.2, 0) is 4.79 Å². The molecular formula is C21H32N8O. The number of hydrogen-bond donors (Lipinski definition) is 2. The molecule has 2 aliphatic heterocycles. The molecular weight excluding hydrogens is 380 g/mol. The topological polar surface area (TPSA) is 104 Å². The van der Waals surface area contributed by atoms with Crippen molar-refractivity contribution in [3.63, 3.8) is 0 Å². The second kappa shape index (κ2) is 8.69. The van der Waals surface area contributed by atoms with Gasteiger partial charge in [0.25, 0.3) is 0 Å². The van der Waals surface area contributed by atoms with Crippen LogP contribution in [0.5, 0.6) is 0 Å². The number of rotatable bonds is 4. The van der Waals surface area contributed by atoms with Crippen LogP contribution < -0.4 is 16.0 Å². The first-order valence-electron chi connectivity index (χ1n) is 10.8. The number of piperidine rings is 1. The summed E-state index contributed by atoms with van der Waals surface area (Å²) in [6.07, 6.45) is 6.04. The van der Waals surface area contributed by atoms with Crippen molar-refractivity contribution in [1.82, 2.24) is 30.1 Å². The molecule has 9 heteroatoms. The van der Waals surface area contributed by atoms with E-state index in [9.17, 15) is 4.79 Å². The molecule has 4 rings (SSSR count). The molecule has 2 aromatic heterocycles. The van der Waals surface area contributed by atoms with E-state index in [1.807, 2.05) is 6.92 Å². The zero-order valence-corrected chi connectivity index (χ0v) is 18.1. The average molecular weight is 413 g/mol. The van der Waals surface area contributed by atoms with Crippen LogP contribution >= 0.6 is 0 Å². The van der Waals surface area contributed by atoms with E-state index >= 15 is 0 Å². The van der Waals surface area contributed by atoms with Gasteiger partial charge in [0.1, 0.15) is 11.0 Å². The molecule has 3 N–H and O–H groups in total. The van der Waals surface area contributed by atoms with E-state index in [1.165, 1.54) is 0 Å². The molecule has 0 saturated carbocycles. The minimum Gasteiger partial charge on any atom is -0.382 e. The molecule has 2 aromatic rings. The summed E-state index contributed by atoms with van der Waals surface area (Å²) in [4.78, 5) is 33.0. The summed E-state index contributed by atoms with van der Waals surface area (Å²) >= 11 is 0. The first-order valence-corrected chi connectivity index (χ1v) is 10.8. The van der Waals surface area contributed by atoms with Crippen LogP contribution in [0, 0.1) is 5.92 Å². The van der Waals surface area contributed by atoms with Crippen molar-refractivity contribution in [2.24, 2.45) is 5.92 Å². The number of pyridine rings is 1. The Morgan fingerprint density at radius 1 is 1.13 bits per heavy atom. The molecule has 0 aliphatic carbocycles. The van der Waals surface area contributed by atoms with Gasteiger partial charge in [-0.2, -0.15) is 0 Å². The van der Waals surface area contributed by atoms with E-state index in [4.69, 9.17) is 5.73 Å². The van der Waals surface area contributed by atoms with Crippen molar-refractivity contribution in [3.05, 3.63) is 18.6 Å². The highest BCUT2D eigenvalue weighted by molar-refractivity contribution is 5.93. The molecule has 2 saturated heterocycles. The molecule has 30 heavy (non-hydrogen) atoms. The Morgan fingerprint density at radius 2 is 1.83 bits per heavy atom. The number of anilines is 2. The van der Waals surface area contributed by atoms with Crippen molar-refractivity contribution in [2.45, 2.75) is 32.4 Å². The monoisotopic (exact) mass is 412 g/mol. The third-order valence-electron chi connectivity index (χ3n) is 6.32. The van der Waals surface area contributed by atoms with Crippen LogP contribution in [0.1, 0.15) is 20.3 Å². The Bertz CT molecular complexity index is 898. The zero-order valence-electron chi connectivity index (χ0n) is 18.1. The van der Waals surface area contributed by atoms with Crippen molar-refractivity contribution in [1.29, 1.82) is 0 Å². The van der Waals surface area contributed by atoms with Gasteiger partial charge in [0.05, 0.1) is 17.9 Å². The van der Waals surface area contributed by atoms with Crippen molar-refractivity contribution in [3.8, 4) is 0 Å². The fraction of sp³-hybridized carbons (Fsp3) is 0.619. The number of carbonyl (C=O) groups is 1. The molecule has 0 bridgehead atoms. The van der Waals surface area contributed by atoms with E-state index in [2.05, 4.69) is 48.9 Å². The van der Waals surface area contributed by atoms with E-state index in [1.54, 1.807) is 18.6 Å². The van der Waals surface area contributed by atoms with Crippen molar-refractivity contribution < 1.29 is 4.79 Å². The number of amides is 1. The zero-order chi connectivity index (χ0) is 21.3. The second-order valence-electron chi connectivity index (χ2n) is 8.75. The molecule has 162 valence electrons. The van der Waals surface area contributed by atoms with Crippen molar-refractivity contribution in [2.75, 3.05) is 56.9 Å². The number of nitrogens with zero attached hydrogens (tertiary/aromatic N) is 6. The van der Waals surface area contributed by atoms with Gasteiger partial charge in [0.2, 0.25) is 5.91 Å². The quantitative estimate of drug-likeness (QED) is 0.751. The number of piperazine rings is 1. The predicted molar refractivity (Wildman–Crippen MR) is 118 cm³/mol. The number of likely N-dealkylation sites (N-methyl/N-ethyl adjacent to an activating group) is 1. The maximum atomic E-state index is 13.0. The van der Waals surface area contributed by atoms with E-state index in [-0.39, 0.29) is 18.0 Å². The number of aromatic nitrogens is 3.